The SMILES string of the molecule is CC(=O)c1cccc(NC(=O)c2cnc(Nc3c(C)cccc3C)nc2)c1. The van der Waals surface area contributed by atoms with Crippen molar-refractivity contribution >= 4 is 29.0 Å². The zero-order valence-corrected chi connectivity index (χ0v) is 15.4. The highest BCUT2D eigenvalue weighted by Crippen LogP contribution is 2.22. The number of ketones is 1. The van der Waals surface area contributed by atoms with E-state index in [1.54, 1.807) is 24.3 Å². The number of amides is 1. The summed E-state index contributed by atoms with van der Waals surface area (Å²) in [6.07, 6.45) is 2.93. The van der Waals surface area contributed by atoms with Gasteiger partial charge in [-0.1, -0.05) is 30.3 Å². The van der Waals surface area contributed by atoms with E-state index in [9.17, 15) is 9.59 Å². The lowest BCUT2D eigenvalue weighted by atomic mass is 10.1. The number of rotatable bonds is 5. The van der Waals surface area contributed by atoms with Gasteiger partial charge in [-0.15, -0.1) is 0 Å². The van der Waals surface area contributed by atoms with Gasteiger partial charge in [0.25, 0.3) is 5.91 Å². The number of hydrogen-bond acceptors (Lipinski definition) is 5. The van der Waals surface area contributed by atoms with Gasteiger partial charge in [-0.2, -0.15) is 0 Å². The van der Waals surface area contributed by atoms with Gasteiger partial charge in [0.05, 0.1) is 5.56 Å². The summed E-state index contributed by atoms with van der Waals surface area (Å²) in [6.45, 7) is 5.50. The van der Waals surface area contributed by atoms with Crippen molar-refractivity contribution in [1.82, 2.24) is 9.97 Å². The average molecular weight is 360 g/mol. The standard InChI is InChI=1S/C21H20N4O2/c1-13-6-4-7-14(2)19(13)25-21-22-11-17(12-23-21)20(27)24-18-9-5-8-16(10-18)15(3)26/h4-12H,1-3H3,(H,24,27)(H,22,23,25). The molecule has 0 atom stereocenters. The molecule has 1 amide bonds. The van der Waals surface area contributed by atoms with Crippen LogP contribution in [0.25, 0.3) is 0 Å². The Morgan fingerprint density at radius 3 is 2.15 bits per heavy atom. The van der Waals surface area contributed by atoms with Gasteiger partial charge in [0, 0.05) is 29.3 Å². The highest BCUT2D eigenvalue weighted by Gasteiger charge is 2.10. The average Bonchev–Trinajstić information content (AvgIpc) is 2.65. The number of para-hydroxylation sites is 1. The molecule has 6 heteroatoms. The molecule has 1 heterocycles. The summed E-state index contributed by atoms with van der Waals surface area (Å²) in [5.74, 6) is 0.0215. The summed E-state index contributed by atoms with van der Waals surface area (Å²) in [7, 11) is 0. The first-order valence-electron chi connectivity index (χ1n) is 8.51. The van der Waals surface area contributed by atoms with Crippen LogP contribution in [0.1, 0.15) is 38.8 Å². The molecule has 27 heavy (non-hydrogen) atoms. The fourth-order valence-corrected chi connectivity index (χ4v) is 2.65. The molecular formula is C21H20N4O2. The van der Waals surface area contributed by atoms with Crippen LogP contribution in [0.2, 0.25) is 0 Å². The smallest absolute Gasteiger partial charge is 0.258 e. The fourth-order valence-electron chi connectivity index (χ4n) is 2.65. The van der Waals surface area contributed by atoms with Gasteiger partial charge in [0.15, 0.2) is 5.78 Å². The molecule has 1 aromatic heterocycles. The monoisotopic (exact) mass is 360 g/mol. The lowest BCUT2D eigenvalue weighted by Crippen LogP contribution is -2.13. The highest BCUT2D eigenvalue weighted by atomic mass is 16.1. The molecule has 0 fully saturated rings. The summed E-state index contributed by atoms with van der Waals surface area (Å²) in [4.78, 5) is 32.3. The van der Waals surface area contributed by atoms with Crippen molar-refractivity contribution in [3.63, 3.8) is 0 Å². The third kappa shape index (κ3) is 4.36. The van der Waals surface area contributed by atoms with Gasteiger partial charge in [-0.3, -0.25) is 9.59 Å². The number of hydrogen-bond donors (Lipinski definition) is 2. The van der Waals surface area contributed by atoms with E-state index in [0.29, 0.717) is 22.8 Å². The Morgan fingerprint density at radius 1 is 0.889 bits per heavy atom. The number of nitrogens with zero attached hydrogens (tertiary/aromatic N) is 2. The van der Waals surface area contributed by atoms with Crippen LogP contribution in [0, 0.1) is 13.8 Å². The molecule has 6 nitrogen and oxygen atoms in total. The van der Waals surface area contributed by atoms with Crippen LogP contribution < -0.4 is 10.6 Å². The Balaban J connectivity index is 1.72. The fraction of sp³-hybridized carbons (Fsp3) is 0.143. The van der Waals surface area contributed by atoms with Crippen molar-refractivity contribution in [1.29, 1.82) is 0 Å². The Kier molecular flexibility index (Phi) is 5.26. The molecule has 136 valence electrons. The molecular weight excluding hydrogens is 340 g/mol. The quantitative estimate of drug-likeness (QED) is 0.663. The van der Waals surface area contributed by atoms with Gasteiger partial charge in [-0.05, 0) is 44.0 Å². The molecule has 0 bridgehead atoms. The normalized spacial score (nSPS) is 10.3. The first-order valence-corrected chi connectivity index (χ1v) is 8.51. The van der Waals surface area contributed by atoms with Crippen molar-refractivity contribution < 1.29 is 9.59 Å². The number of carbonyl (C=O) groups excluding carboxylic acids is 2. The van der Waals surface area contributed by atoms with Gasteiger partial charge in [0.2, 0.25) is 5.95 Å². The van der Waals surface area contributed by atoms with Crippen molar-refractivity contribution in [2.24, 2.45) is 0 Å². The maximum atomic E-state index is 12.4. The number of carbonyl (C=O) groups is 2. The number of anilines is 3. The van der Waals surface area contributed by atoms with Gasteiger partial charge >= 0.3 is 0 Å². The van der Waals surface area contributed by atoms with Crippen LogP contribution in [-0.4, -0.2) is 21.7 Å². The molecule has 3 rings (SSSR count). The van der Waals surface area contributed by atoms with E-state index in [1.807, 2.05) is 32.0 Å². The van der Waals surface area contributed by atoms with Crippen molar-refractivity contribution in [2.45, 2.75) is 20.8 Å². The summed E-state index contributed by atoms with van der Waals surface area (Å²) >= 11 is 0. The Morgan fingerprint density at radius 2 is 1.52 bits per heavy atom. The van der Waals surface area contributed by atoms with Crippen LogP contribution in [0.15, 0.2) is 54.9 Å². The number of nitrogens with one attached hydrogen (secondary N) is 2. The van der Waals surface area contributed by atoms with Gasteiger partial charge < -0.3 is 10.6 Å². The number of aryl methyl sites for hydroxylation is 2. The second-order valence-corrected chi connectivity index (χ2v) is 6.28. The lowest BCUT2D eigenvalue weighted by molar-refractivity contribution is 0.101. The molecule has 2 aromatic carbocycles. The number of benzene rings is 2. The van der Waals surface area contributed by atoms with Crippen LogP contribution in [0.4, 0.5) is 17.3 Å². The summed E-state index contributed by atoms with van der Waals surface area (Å²) in [5, 5.41) is 5.93. The third-order valence-corrected chi connectivity index (χ3v) is 4.16. The van der Waals surface area contributed by atoms with Crippen molar-refractivity contribution in [3.8, 4) is 0 Å². The zero-order valence-electron chi connectivity index (χ0n) is 15.4. The predicted octanol–water partition coefficient (Wildman–Crippen LogP) is 4.29. The third-order valence-electron chi connectivity index (χ3n) is 4.16. The van der Waals surface area contributed by atoms with Crippen LogP contribution >= 0.6 is 0 Å². The molecule has 0 saturated carbocycles. The largest absolute Gasteiger partial charge is 0.324 e. The van der Waals surface area contributed by atoms with Gasteiger partial charge in [-0.25, -0.2) is 9.97 Å². The molecule has 3 aromatic rings. The van der Waals surface area contributed by atoms with E-state index in [4.69, 9.17) is 0 Å². The Labute approximate surface area is 157 Å². The van der Waals surface area contributed by atoms with Gasteiger partial charge in [0.1, 0.15) is 0 Å². The highest BCUT2D eigenvalue weighted by molar-refractivity contribution is 6.04. The minimum Gasteiger partial charge on any atom is -0.324 e. The van der Waals surface area contributed by atoms with Crippen LogP contribution in [0.5, 0.6) is 0 Å². The van der Waals surface area contributed by atoms with E-state index >= 15 is 0 Å². The minimum absolute atomic E-state index is 0.0589. The Hall–Kier alpha value is -3.54. The van der Waals surface area contributed by atoms with Crippen LogP contribution in [-0.2, 0) is 0 Å². The molecule has 0 aliphatic heterocycles. The topological polar surface area (TPSA) is 84.0 Å². The van der Waals surface area contributed by atoms with E-state index in [-0.39, 0.29) is 11.7 Å². The van der Waals surface area contributed by atoms with Crippen molar-refractivity contribution in [2.75, 3.05) is 10.6 Å². The maximum Gasteiger partial charge on any atom is 0.258 e. The molecule has 2 N–H and O–H groups in total. The molecule has 0 aliphatic carbocycles. The van der Waals surface area contributed by atoms with E-state index in [2.05, 4.69) is 20.6 Å². The zero-order chi connectivity index (χ0) is 19.4. The van der Waals surface area contributed by atoms with E-state index in [1.165, 1.54) is 19.3 Å². The van der Waals surface area contributed by atoms with Crippen molar-refractivity contribution in [3.05, 3.63) is 77.1 Å². The molecule has 0 unspecified atom stereocenters. The second kappa shape index (κ2) is 7.78. The first kappa shape index (κ1) is 18.3. The number of Topliss-reactive ketones (excluding diaryl/α,β-unsaturated/α-hetero) is 1. The number of aromatic nitrogens is 2. The minimum atomic E-state index is -0.339. The van der Waals surface area contributed by atoms with E-state index < -0.39 is 0 Å². The van der Waals surface area contributed by atoms with Crippen LogP contribution in [0.3, 0.4) is 0 Å². The molecule has 0 aliphatic rings. The summed E-state index contributed by atoms with van der Waals surface area (Å²) in [5.41, 5.74) is 4.55. The molecule has 0 saturated heterocycles. The lowest BCUT2D eigenvalue weighted by Gasteiger charge is -2.11. The predicted molar refractivity (Wildman–Crippen MR) is 106 cm³/mol. The first-order chi connectivity index (χ1) is 12.9. The summed E-state index contributed by atoms with van der Waals surface area (Å²) in [6, 6.07) is 12.8. The Bertz CT molecular complexity index is 977. The summed E-state index contributed by atoms with van der Waals surface area (Å²) < 4.78 is 0. The maximum absolute atomic E-state index is 12.4. The second-order valence-electron chi connectivity index (χ2n) is 6.28. The molecule has 0 spiro atoms. The van der Waals surface area contributed by atoms with E-state index in [0.717, 1.165) is 16.8 Å². The molecule has 0 radical (unpaired) electrons.